The van der Waals surface area contributed by atoms with Crippen molar-refractivity contribution < 1.29 is 18.7 Å². The highest BCUT2D eigenvalue weighted by molar-refractivity contribution is 5.85. The van der Waals surface area contributed by atoms with Crippen molar-refractivity contribution in [2.45, 2.75) is 64.0 Å². The number of amides is 1. The van der Waals surface area contributed by atoms with E-state index in [9.17, 15) is 18.7 Å². The maximum Gasteiger partial charge on any atom is 0.352 e. The Labute approximate surface area is 128 Å². The molecule has 1 aromatic rings. The molecule has 1 aromatic heterocycles. The maximum atomic E-state index is 14.2. The van der Waals surface area contributed by atoms with E-state index in [2.05, 4.69) is 10.4 Å². The van der Waals surface area contributed by atoms with Crippen molar-refractivity contribution in [2.75, 3.05) is 0 Å². The molecule has 1 heterocycles. The van der Waals surface area contributed by atoms with Crippen LogP contribution in [0.2, 0.25) is 0 Å². The van der Waals surface area contributed by atoms with Gasteiger partial charge in [0, 0.05) is 18.3 Å². The van der Waals surface area contributed by atoms with Crippen LogP contribution in [0, 0.1) is 13.8 Å². The van der Waals surface area contributed by atoms with E-state index in [1.165, 1.54) is 0 Å². The molecule has 1 aliphatic carbocycles. The summed E-state index contributed by atoms with van der Waals surface area (Å²) >= 11 is 0. The average Bonchev–Trinajstić information content (AvgIpc) is 2.66. The van der Waals surface area contributed by atoms with Crippen molar-refractivity contribution in [2.24, 2.45) is 7.05 Å². The van der Waals surface area contributed by atoms with Gasteiger partial charge in [-0.1, -0.05) is 6.92 Å². The lowest BCUT2D eigenvalue weighted by Crippen LogP contribution is -2.61. The summed E-state index contributed by atoms with van der Waals surface area (Å²) in [5.74, 6) is -5.19. The molecule has 1 atom stereocenters. The van der Waals surface area contributed by atoms with Crippen LogP contribution in [-0.2, 0) is 11.8 Å². The third-order valence-electron chi connectivity index (χ3n) is 4.68. The van der Waals surface area contributed by atoms with Crippen molar-refractivity contribution in [3.63, 3.8) is 0 Å². The quantitative estimate of drug-likeness (QED) is 0.875. The number of aromatic nitrogens is 2. The second-order valence-electron chi connectivity index (χ2n) is 6.10. The van der Waals surface area contributed by atoms with Crippen molar-refractivity contribution in [1.29, 1.82) is 0 Å². The number of aryl methyl sites for hydroxylation is 2. The Morgan fingerprint density at radius 2 is 2.09 bits per heavy atom. The Hall–Kier alpha value is -1.50. The number of nitrogens with zero attached hydrogens (tertiary/aromatic N) is 2. The maximum absolute atomic E-state index is 14.2. The molecule has 1 aliphatic rings. The SMILES string of the molecule is CCC(NC(=O)C(F)(F)C1(O)CCC1)c1c(C)nn(C)c1C. The molecular formula is C15H23F2N3O2. The number of hydrogen-bond acceptors (Lipinski definition) is 3. The van der Waals surface area contributed by atoms with E-state index in [1.54, 1.807) is 18.7 Å². The zero-order valence-electron chi connectivity index (χ0n) is 13.4. The predicted molar refractivity (Wildman–Crippen MR) is 77.6 cm³/mol. The lowest BCUT2D eigenvalue weighted by atomic mass is 9.75. The molecule has 22 heavy (non-hydrogen) atoms. The van der Waals surface area contributed by atoms with Crippen LogP contribution >= 0.6 is 0 Å². The largest absolute Gasteiger partial charge is 0.383 e. The van der Waals surface area contributed by atoms with Crippen LogP contribution in [0.3, 0.4) is 0 Å². The number of hydrogen-bond donors (Lipinski definition) is 2. The highest BCUT2D eigenvalue weighted by atomic mass is 19.3. The van der Waals surface area contributed by atoms with Gasteiger partial charge in [0.1, 0.15) is 5.60 Å². The van der Waals surface area contributed by atoms with Gasteiger partial charge in [-0.25, -0.2) is 0 Å². The van der Waals surface area contributed by atoms with Crippen molar-refractivity contribution in [3.8, 4) is 0 Å². The van der Waals surface area contributed by atoms with Crippen LogP contribution in [0.25, 0.3) is 0 Å². The fraction of sp³-hybridized carbons (Fsp3) is 0.733. The van der Waals surface area contributed by atoms with E-state index >= 15 is 0 Å². The molecule has 0 bridgehead atoms. The van der Waals surface area contributed by atoms with Gasteiger partial charge in [0.2, 0.25) is 0 Å². The Bertz CT molecular complexity index is 580. The van der Waals surface area contributed by atoms with Gasteiger partial charge in [-0.3, -0.25) is 9.48 Å². The summed E-state index contributed by atoms with van der Waals surface area (Å²) in [6.45, 7) is 5.43. The van der Waals surface area contributed by atoms with Gasteiger partial charge >= 0.3 is 5.92 Å². The minimum absolute atomic E-state index is 0.0465. The number of aliphatic hydroxyl groups is 1. The second-order valence-corrected chi connectivity index (χ2v) is 6.10. The number of rotatable bonds is 5. The first-order valence-electron chi connectivity index (χ1n) is 7.55. The Morgan fingerprint density at radius 3 is 2.45 bits per heavy atom. The van der Waals surface area contributed by atoms with Gasteiger partial charge in [0.25, 0.3) is 5.91 Å². The van der Waals surface area contributed by atoms with Gasteiger partial charge in [-0.15, -0.1) is 0 Å². The fourth-order valence-corrected chi connectivity index (χ4v) is 2.96. The molecule has 2 N–H and O–H groups in total. The molecule has 124 valence electrons. The summed E-state index contributed by atoms with van der Waals surface area (Å²) in [6.07, 6.45) is 0.884. The van der Waals surface area contributed by atoms with Crippen molar-refractivity contribution in [1.82, 2.24) is 15.1 Å². The summed E-state index contributed by atoms with van der Waals surface area (Å²) in [6, 6.07) is -0.546. The van der Waals surface area contributed by atoms with E-state index in [0.29, 0.717) is 18.5 Å². The summed E-state index contributed by atoms with van der Waals surface area (Å²) in [7, 11) is 1.77. The highest BCUT2D eigenvalue weighted by Gasteiger charge is 2.61. The number of halogens is 2. The van der Waals surface area contributed by atoms with E-state index < -0.39 is 23.5 Å². The number of carbonyl (C=O) groups excluding carboxylic acids is 1. The molecule has 1 unspecified atom stereocenters. The third kappa shape index (κ3) is 2.51. The molecule has 0 radical (unpaired) electrons. The molecule has 0 aromatic carbocycles. The molecular weight excluding hydrogens is 292 g/mol. The molecule has 2 rings (SSSR count). The van der Waals surface area contributed by atoms with Crippen molar-refractivity contribution >= 4 is 5.91 Å². The van der Waals surface area contributed by atoms with Crippen LogP contribution in [-0.4, -0.2) is 32.3 Å². The van der Waals surface area contributed by atoms with Crippen LogP contribution in [0.5, 0.6) is 0 Å². The van der Waals surface area contributed by atoms with Gasteiger partial charge in [-0.05, 0) is 39.5 Å². The Morgan fingerprint density at radius 1 is 1.50 bits per heavy atom. The minimum Gasteiger partial charge on any atom is -0.383 e. The number of nitrogens with one attached hydrogen (secondary N) is 1. The zero-order chi connectivity index (χ0) is 16.7. The van der Waals surface area contributed by atoms with Crippen LogP contribution in [0.1, 0.15) is 55.6 Å². The number of alkyl halides is 2. The molecule has 1 amide bonds. The van der Waals surface area contributed by atoms with E-state index in [-0.39, 0.29) is 12.8 Å². The molecule has 0 saturated heterocycles. The topological polar surface area (TPSA) is 67.2 Å². The van der Waals surface area contributed by atoms with Crippen LogP contribution in [0.4, 0.5) is 8.78 Å². The Balaban J connectivity index is 2.21. The first kappa shape index (κ1) is 16.9. The zero-order valence-corrected chi connectivity index (χ0v) is 13.4. The first-order chi connectivity index (χ1) is 10.1. The molecule has 1 fully saturated rings. The second kappa shape index (κ2) is 5.61. The monoisotopic (exact) mass is 315 g/mol. The third-order valence-corrected chi connectivity index (χ3v) is 4.68. The normalized spacial score (nSPS) is 18.7. The van der Waals surface area contributed by atoms with E-state index in [4.69, 9.17) is 0 Å². The average molecular weight is 315 g/mol. The van der Waals surface area contributed by atoms with Gasteiger partial charge in [-0.2, -0.15) is 13.9 Å². The summed E-state index contributed by atoms with van der Waals surface area (Å²) in [5, 5.41) is 16.5. The molecule has 5 nitrogen and oxygen atoms in total. The molecule has 1 saturated carbocycles. The smallest absolute Gasteiger partial charge is 0.352 e. The number of carbonyl (C=O) groups is 1. The highest BCUT2D eigenvalue weighted by Crippen LogP contribution is 2.44. The van der Waals surface area contributed by atoms with Crippen molar-refractivity contribution in [3.05, 3.63) is 17.0 Å². The summed E-state index contributed by atoms with van der Waals surface area (Å²) < 4.78 is 30.0. The molecule has 0 spiro atoms. The Kier molecular flexibility index (Phi) is 4.30. The fourth-order valence-electron chi connectivity index (χ4n) is 2.96. The lowest BCUT2D eigenvalue weighted by Gasteiger charge is -2.41. The standard InChI is InChI=1S/C15H23F2N3O2/c1-5-11(12-9(2)19-20(4)10(12)3)18-13(21)15(16,17)14(22)7-6-8-14/h11,22H,5-8H2,1-4H3,(H,18,21). The van der Waals surface area contributed by atoms with E-state index in [1.807, 2.05) is 13.8 Å². The summed E-state index contributed by atoms with van der Waals surface area (Å²) in [4.78, 5) is 12.0. The van der Waals surface area contributed by atoms with E-state index in [0.717, 1.165) is 11.3 Å². The molecule has 0 aliphatic heterocycles. The lowest BCUT2D eigenvalue weighted by molar-refractivity contribution is -0.216. The van der Waals surface area contributed by atoms with Crippen LogP contribution < -0.4 is 5.32 Å². The first-order valence-corrected chi connectivity index (χ1v) is 7.55. The minimum atomic E-state index is -3.78. The molecule has 7 heteroatoms. The van der Waals surface area contributed by atoms with Gasteiger partial charge in [0.05, 0.1) is 11.7 Å². The predicted octanol–water partition coefficient (Wildman–Crippen LogP) is 2.15. The van der Waals surface area contributed by atoms with Gasteiger partial charge in [0.15, 0.2) is 0 Å². The van der Waals surface area contributed by atoms with Crippen LogP contribution in [0.15, 0.2) is 0 Å². The summed E-state index contributed by atoms with van der Waals surface area (Å²) in [5.41, 5.74) is 0.0943. The van der Waals surface area contributed by atoms with Gasteiger partial charge < -0.3 is 10.4 Å².